The Kier molecular flexibility index (Phi) is 5.27. The zero-order valence-electron chi connectivity index (χ0n) is 22.6. The van der Waals surface area contributed by atoms with Crippen LogP contribution in [0.5, 0.6) is 0 Å². The van der Waals surface area contributed by atoms with Gasteiger partial charge in [-0.2, -0.15) is 0 Å². The molecule has 2 saturated heterocycles. The Morgan fingerprint density at radius 1 is 0.659 bits per heavy atom. The summed E-state index contributed by atoms with van der Waals surface area (Å²) in [6.07, 6.45) is 4.74. The number of nitrogens with two attached hydrogens (primary N) is 2. The third-order valence-electron chi connectivity index (χ3n) is 8.54. The molecule has 224 valence electrons. The summed E-state index contributed by atoms with van der Waals surface area (Å²) in [6.45, 7) is 0. The van der Waals surface area contributed by atoms with Crippen LogP contribution in [0.3, 0.4) is 0 Å². The van der Waals surface area contributed by atoms with Gasteiger partial charge in [0.2, 0.25) is 0 Å². The number of imidazole rings is 2. The van der Waals surface area contributed by atoms with Gasteiger partial charge in [-0.25, -0.2) is 39.3 Å². The van der Waals surface area contributed by atoms with Crippen LogP contribution in [0.2, 0.25) is 0 Å². The van der Waals surface area contributed by atoms with E-state index in [2.05, 4.69) is 50.5 Å². The second kappa shape index (κ2) is 9.16. The van der Waals surface area contributed by atoms with E-state index in [9.17, 15) is 10.2 Å². The molecule has 20 heteroatoms. The number of aromatic nitrogens is 14. The number of ether oxygens (including phenoxy) is 2. The van der Waals surface area contributed by atoms with Gasteiger partial charge in [0, 0.05) is 25.2 Å². The van der Waals surface area contributed by atoms with Crippen LogP contribution in [-0.2, 0) is 22.3 Å². The van der Waals surface area contributed by atoms with Crippen LogP contribution in [0.1, 0.15) is 35.9 Å². The molecule has 9 rings (SSSR count). The third-order valence-corrected chi connectivity index (χ3v) is 8.54. The molecule has 2 fully saturated rings. The molecular formula is C24H24N16O4. The van der Waals surface area contributed by atoms with E-state index in [0.29, 0.717) is 33.7 Å². The standard InChI is InChI=1S/C24H24N16O4/c25-19-13-21(29-5-27-19)37(7-31-13)23-17(41)15-11(43-23)1-9-3-39(35-33-9)16-12(2-10-4-40(15)36-34-10)44-24(18(16)42)38-8-32-14-20(26)28-6-30-22(14)38/h3-8,11-12,15-18,23-24,41-42H,1-2H2,(H2,25,27,29)(H2,26,28,30)/t11-,12-,15-,16-,17-,18-,23-,24-/m1/s1. The molecule has 6 aromatic rings. The van der Waals surface area contributed by atoms with Crippen LogP contribution in [0, 0.1) is 0 Å². The Bertz CT molecular complexity index is 1890. The van der Waals surface area contributed by atoms with Gasteiger partial charge in [-0.3, -0.25) is 9.13 Å². The summed E-state index contributed by atoms with van der Waals surface area (Å²) < 4.78 is 19.3. The van der Waals surface area contributed by atoms with Gasteiger partial charge < -0.3 is 31.2 Å². The molecule has 3 aliphatic heterocycles. The number of fused-ring (bicyclic) bond motifs is 10. The highest BCUT2D eigenvalue weighted by atomic mass is 16.5. The number of nitrogens with zero attached hydrogens (tertiary/aromatic N) is 14. The van der Waals surface area contributed by atoms with Crippen molar-refractivity contribution < 1.29 is 19.7 Å². The van der Waals surface area contributed by atoms with Crippen LogP contribution in [-0.4, -0.2) is 104 Å². The predicted octanol–water partition coefficient (Wildman–Crippen LogP) is -1.89. The molecular weight excluding hydrogens is 576 g/mol. The summed E-state index contributed by atoms with van der Waals surface area (Å²) in [7, 11) is 0. The largest absolute Gasteiger partial charge is 0.386 e. The minimum absolute atomic E-state index is 0.223. The Morgan fingerprint density at radius 3 is 1.57 bits per heavy atom. The van der Waals surface area contributed by atoms with E-state index in [1.165, 1.54) is 25.3 Å². The van der Waals surface area contributed by atoms with Crippen LogP contribution >= 0.6 is 0 Å². The maximum absolute atomic E-state index is 11.6. The van der Waals surface area contributed by atoms with Gasteiger partial charge in [0.05, 0.1) is 36.3 Å². The van der Waals surface area contributed by atoms with E-state index < -0.39 is 49.0 Å². The van der Waals surface area contributed by atoms with Crippen molar-refractivity contribution in [3.63, 3.8) is 0 Å². The Balaban J connectivity index is 1.08. The monoisotopic (exact) mass is 600 g/mol. The molecule has 3 aliphatic rings. The average Bonchev–Trinajstić information content (AvgIpc) is 3.84. The first-order valence-electron chi connectivity index (χ1n) is 13.8. The van der Waals surface area contributed by atoms with Gasteiger partial charge in [-0.05, 0) is 0 Å². The lowest BCUT2D eigenvalue weighted by Gasteiger charge is -2.21. The second-order valence-electron chi connectivity index (χ2n) is 11.0. The molecule has 0 aromatic carbocycles. The van der Waals surface area contributed by atoms with E-state index in [1.54, 1.807) is 30.9 Å². The smallest absolute Gasteiger partial charge is 0.167 e. The molecule has 9 heterocycles. The average molecular weight is 601 g/mol. The molecule has 0 aliphatic carbocycles. The first kappa shape index (κ1) is 25.3. The van der Waals surface area contributed by atoms with Crippen LogP contribution < -0.4 is 11.5 Å². The van der Waals surface area contributed by atoms with Crippen molar-refractivity contribution in [2.45, 2.75) is 61.8 Å². The minimum Gasteiger partial charge on any atom is -0.386 e. The van der Waals surface area contributed by atoms with Crippen LogP contribution in [0.4, 0.5) is 11.6 Å². The topological polar surface area (TPSA) is 260 Å². The summed E-state index contributed by atoms with van der Waals surface area (Å²) in [5.41, 5.74) is 14.8. The first-order chi connectivity index (χ1) is 21.4. The minimum atomic E-state index is -1.06. The van der Waals surface area contributed by atoms with E-state index in [-0.39, 0.29) is 24.5 Å². The molecule has 0 spiro atoms. The van der Waals surface area contributed by atoms with Crippen molar-refractivity contribution >= 4 is 34.0 Å². The molecule has 0 unspecified atom stereocenters. The molecule has 20 nitrogen and oxygen atoms in total. The van der Waals surface area contributed by atoms with E-state index >= 15 is 0 Å². The van der Waals surface area contributed by atoms with E-state index in [4.69, 9.17) is 20.9 Å². The van der Waals surface area contributed by atoms with Crippen molar-refractivity contribution in [2.24, 2.45) is 0 Å². The SMILES string of the molecule is Nc1ncnc2c1ncn2[C@@H]1O[C@@H]2Cc3cn(nn3)[C@H]3[C@@H](O)[C@H](n4cnc5c(N)ncnc54)O[C@@H]3Cc3cn(nn3)[C@H]2[C@H]1O. The van der Waals surface area contributed by atoms with Crippen LogP contribution in [0.25, 0.3) is 22.3 Å². The Hall–Kier alpha value is -5.18. The number of hydrogen-bond acceptors (Lipinski definition) is 16. The Morgan fingerprint density at radius 2 is 1.11 bits per heavy atom. The fraction of sp³-hybridized carbons (Fsp3) is 0.417. The number of nitrogen functional groups attached to an aromatic ring is 2. The second-order valence-corrected chi connectivity index (χ2v) is 11.0. The van der Waals surface area contributed by atoms with Crippen molar-refractivity contribution in [1.29, 1.82) is 0 Å². The lowest BCUT2D eigenvalue weighted by atomic mass is 10.0. The fourth-order valence-electron chi connectivity index (χ4n) is 6.54. The number of anilines is 2. The molecule has 6 aromatic heterocycles. The van der Waals surface area contributed by atoms with Gasteiger partial charge in [-0.1, -0.05) is 10.4 Å². The number of rotatable bonds is 2. The van der Waals surface area contributed by atoms with E-state index in [0.717, 1.165) is 0 Å². The third kappa shape index (κ3) is 3.58. The van der Waals surface area contributed by atoms with E-state index in [1.807, 2.05) is 0 Å². The Labute approximate surface area is 245 Å². The summed E-state index contributed by atoms with van der Waals surface area (Å²) in [6, 6.07) is -1.27. The highest BCUT2D eigenvalue weighted by molar-refractivity contribution is 5.81. The molecule has 4 bridgehead atoms. The zero-order chi connectivity index (χ0) is 29.7. The van der Waals surface area contributed by atoms with Gasteiger partial charge in [0.15, 0.2) is 35.4 Å². The van der Waals surface area contributed by atoms with Gasteiger partial charge >= 0.3 is 0 Å². The summed E-state index contributed by atoms with van der Waals surface area (Å²) in [4.78, 5) is 25.2. The van der Waals surface area contributed by atoms with Gasteiger partial charge in [-0.15, -0.1) is 10.2 Å². The highest BCUT2D eigenvalue weighted by Gasteiger charge is 2.50. The molecule has 8 atom stereocenters. The maximum atomic E-state index is 11.6. The first-order valence-corrected chi connectivity index (χ1v) is 13.8. The van der Waals surface area contributed by atoms with Crippen molar-refractivity contribution in [3.05, 3.63) is 49.1 Å². The van der Waals surface area contributed by atoms with Crippen molar-refractivity contribution in [1.82, 2.24) is 69.0 Å². The van der Waals surface area contributed by atoms with Crippen molar-refractivity contribution in [3.8, 4) is 0 Å². The molecule has 0 saturated carbocycles. The highest BCUT2D eigenvalue weighted by Crippen LogP contribution is 2.42. The fourth-order valence-corrected chi connectivity index (χ4v) is 6.54. The molecule has 44 heavy (non-hydrogen) atoms. The maximum Gasteiger partial charge on any atom is 0.167 e. The number of aliphatic hydroxyl groups excluding tert-OH is 2. The molecule has 0 amide bonds. The predicted molar refractivity (Wildman–Crippen MR) is 145 cm³/mol. The number of hydrogen-bond donors (Lipinski definition) is 4. The van der Waals surface area contributed by atoms with Gasteiger partial charge in [0.1, 0.15) is 48.0 Å². The molecule has 6 N–H and O–H groups in total. The molecule has 0 radical (unpaired) electrons. The number of aliphatic hydroxyl groups is 2. The van der Waals surface area contributed by atoms with Gasteiger partial charge in [0.25, 0.3) is 0 Å². The lowest BCUT2D eigenvalue weighted by Crippen LogP contribution is -2.32. The summed E-state index contributed by atoms with van der Waals surface area (Å²) in [5, 5.41) is 40.7. The zero-order valence-corrected chi connectivity index (χ0v) is 22.6. The quantitative estimate of drug-likeness (QED) is 0.169. The van der Waals surface area contributed by atoms with Crippen LogP contribution in [0.15, 0.2) is 37.7 Å². The lowest BCUT2D eigenvalue weighted by molar-refractivity contribution is -0.0347. The van der Waals surface area contributed by atoms with Crippen molar-refractivity contribution in [2.75, 3.05) is 11.5 Å². The summed E-state index contributed by atoms with van der Waals surface area (Å²) >= 11 is 0. The summed E-state index contributed by atoms with van der Waals surface area (Å²) in [5.74, 6) is 0.446. The normalized spacial score (nSPS) is 29.9.